The maximum absolute atomic E-state index is 11.6. The van der Waals surface area contributed by atoms with E-state index in [1.54, 1.807) is 33.8 Å². The van der Waals surface area contributed by atoms with Crippen LogP contribution in [-0.4, -0.2) is 44.0 Å². The third-order valence-electron chi connectivity index (χ3n) is 8.97. The highest BCUT2D eigenvalue weighted by molar-refractivity contribution is 7.85. The Balaban J connectivity index is 0.000000572. The number of hydrogen-bond donors (Lipinski definition) is 0. The predicted octanol–water partition coefficient (Wildman–Crippen LogP) is 6.67. The normalized spacial score (nSPS) is 13.7. The number of fused-ring (bicyclic) bond motifs is 2. The van der Waals surface area contributed by atoms with Crippen LogP contribution in [-0.2, 0) is 33.3 Å². The quantitative estimate of drug-likeness (QED) is 0.0981. The van der Waals surface area contributed by atoms with Gasteiger partial charge in [0.15, 0.2) is 24.7 Å². The minimum atomic E-state index is -4.53. The van der Waals surface area contributed by atoms with Crippen LogP contribution in [0.3, 0.4) is 0 Å². The molecule has 7 rings (SSSR count). The molecule has 1 aliphatic heterocycles. The Hall–Kier alpha value is -5.60. The summed E-state index contributed by atoms with van der Waals surface area (Å²) in [6.07, 6.45) is 8.06. The topological polar surface area (TPSA) is 148 Å². The highest BCUT2D eigenvalue weighted by Crippen LogP contribution is 2.42. The van der Waals surface area contributed by atoms with E-state index in [0.717, 1.165) is 28.8 Å². The summed E-state index contributed by atoms with van der Waals surface area (Å²) in [7, 11) is -9.05. The van der Waals surface area contributed by atoms with Crippen molar-refractivity contribution in [2.45, 2.75) is 33.4 Å². The summed E-state index contributed by atoms with van der Waals surface area (Å²) in [5.74, 6) is -0.130. The predicted molar refractivity (Wildman–Crippen MR) is 209 cm³/mol. The van der Waals surface area contributed by atoms with Gasteiger partial charge in [0.1, 0.15) is 16.7 Å². The van der Waals surface area contributed by atoms with Gasteiger partial charge in [0.25, 0.3) is 5.52 Å². The largest absolute Gasteiger partial charge is 0.748 e. The van der Waals surface area contributed by atoms with Gasteiger partial charge in [0.05, 0.1) is 33.4 Å². The van der Waals surface area contributed by atoms with Crippen LogP contribution in [0.2, 0.25) is 0 Å². The third-order valence-corrected chi connectivity index (χ3v) is 10.3. The molecule has 0 atom stereocenters. The van der Waals surface area contributed by atoms with Crippen LogP contribution in [0.15, 0.2) is 150 Å². The van der Waals surface area contributed by atoms with Gasteiger partial charge in [-0.15, -0.1) is 0 Å². The number of aryl methyl sites for hydroxylation is 2. The molecular formula is C42H41N3O8S2. The molecule has 0 fully saturated rings. The molecule has 0 saturated heterocycles. The SMILES string of the molecule is CCC(=Cc1oc2ccc(-c3ccccc3)cc2[n+]1CCS(=O)(=O)[O-])C=C1Oc2ccc(-c3ccccc3)cc2N1CCS(=O)(=O)[O-].CC[n+]1ccccc1. The van der Waals surface area contributed by atoms with Crippen LogP contribution in [0, 0.1) is 0 Å². The summed E-state index contributed by atoms with van der Waals surface area (Å²) in [6.45, 7) is 4.83. The first-order valence-corrected chi connectivity index (χ1v) is 21.0. The molecule has 0 radical (unpaired) electrons. The van der Waals surface area contributed by atoms with E-state index in [1.807, 2.05) is 110 Å². The minimum absolute atomic E-state index is 0.131. The van der Waals surface area contributed by atoms with Crippen molar-refractivity contribution >= 4 is 43.1 Å². The molecule has 0 spiro atoms. The van der Waals surface area contributed by atoms with E-state index in [0.29, 0.717) is 46.3 Å². The first-order valence-electron chi connectivity index (χ1n) is 17.8. The van der Waals surface area contributed by atoms with Crippen LogP contribution in [0.4, 0.5) is 5.69 Å². The molecule has 55 heavy (non-hydrogen) atoms. The van der Waals surface area contributed by atoms with Crippen LogP contribution >= 0.6 is 0 Å². The standard InChI is InChI=1S/C35H32N2O8S2.C7H10N/c1-2-25(21-34-36(17-19-46(38,39)40)30-23-28(13-15-32(30)44-34)26-9-5-3-6-10-26)22-35-37(18-20-47(41,42)43)31-24-29(14-16-33(31)45-35)27-11-7-4-8-12-27;1-2-8-6-4-3-5-7-8/h3-16,21-24H,2,17-20H2,1H3,(H-,38,39,40,41,42,43);3-7H,2H2,1H3/q;+1/p-1. The number of ether oxygens (including phenoxy) is 1. The van der Waals surface area contributed by atoms with E-state index in [2.05, 4.69) is 23.9 Å². The van der Waals surface area contributed by atoms with Gasteiger partial charge in [-0.1, -0.05) is 85.8 Å². The van der Waals surface area contributed by atoms with Gasteiger partial charge < -0.3 is 23.2 Å². The van der Waals surface area contributed by atoms with Crippen molar-refractivity contribution in [1.82, 2.24) is 0 Å². The molecular weight excluding hydrogens is 739 g/mol. The van der Waals surface area contributed by atoms with Gasteiger partial charge in [-0.05, 0) is 59.4 Å². The lowest BCUT2D eigenvalue weighted by molar-refractivity contribution is -0.693. The average Bonchev–Trinajstić information content (AvgIpc) is 3.72. The highest BCUT2D eigenvalue weighted by atomic mass is 32.2. The Morgan fingerprint density at radius 1 is 0.727 bits per heavy atom. The lowest BCUT2D eigenvalue weighted by Crippen LogP contribution is -2.38. The summed E-state index contributed by atoms with van der Waals surface area (Å²) in [6, 6.07) is 36.6. The van der Waals surface area contributed by atoms with Gasteiger partial charge in [-0.25, -0.2) is 21.4 Å². The molecule has 284 valence electrons. The smallest absolute Gasteiger partial charge is 0.374 e. The highest BCUT2D eigenvalue weighted by Gasteiger charge is 2.28. The van der Waals surface area contributed by atoms with E-state index in [9.17, 15) is 25.9 Å². The molecule has 6 aromatic rings. The molecule has 0 N–H and O–H groups in total. The van der Waals surface area contributed by atoms with Gasteiger partial charge in [-0.3, -0.25) is 0 Å². The lowest BCUT2D eigenvalue weighted by Gasteiger charge is -2.20. The number of rotatable bonds is 12. The summed E-state index contributed by atoms with van der Waals surface area (Å²) in [5.41, 5.74) is 6.14. The fourth-order valence-corrected chi connectivity index (χ4v) is 6.93. The summed E-state index contributed by atoms with van der Waals surface area (Å²) < 4.78 is 86.0. The number of anilines is 1. The molecule has 0 amide bonds. The fourth-order valence-electron chi connectivity index (χ4n) is 6.11. The maximum atomic E-state index is 11.6. The molecule has 3 heterocycles. The fraction of sp³-hybridized carbons (Fsp3) is 0.190. The number of hydrogen-bond acceptors (Lipinski definition) is 9. The van der Waals surface area contributed by atoms with Gasteiger partial charge >= 0.3 is 5.89 Å². The summed E-state index contributed by atoms with van der Waals surface area (Å²) >= 11 is 0. The minimum Gasteiger partial charge on any atom is -0.748 e. The van der Waals surface area contributed by atoms with Gasteiger partial charge in [0, 0.05) is 30.8 Å². The first-order chi connectivity index (χ1) is 26.4. The molecule has 13 heteroatoms. The Kier molecular flexibility index (Phi) is 12.3. The Bertz CT molecular complexity index is 2540. The summed E-state index contributed by atoms with van der Waals surface area (Å²) in [4.78, 5) is 1.66. The second-order valence-corrected chi connectivity index (χ2v) is 15.8. The van der Waals surface area contributed by atoms with Crippen molar-refractivity contribution in [2.75, 3.05) is 23.0 Å². The van der Waals surface area contributed by atoms with Gasteiger partial charge in [-0.2, -0.15) is 4.57 Å². The van der Waals surface area contributed by atoms with Crippen LogP contribution in [0.25, 0.3) is 39.4 Å². The van der Waals surface area contributed by atoms with E-state index in [1.165, 1.54) is 0 Å². The second kappa shape index (κ2) is 17.2. The van der Waals surface area contributed by atoms with Crippen molar-refractivity contribution in [1.29, 1.82) is 0 Å². The third kappa shape index (κ3) is 10.3. The van der Waals surface area contributed by atoms with E-state index in [4.69, 9.17) is 9.15 Å². The van der Waals surface area contributed by atoms with Crippen molar-refractivity contribution in [3.8, 4) is 28.0 Å². The Labute approximate surface area is 321 Å². The number of nitrogens with zero attached hydrogens (tertiary/aromatic N) is 3. The zero-order valence-corrected chi connectivity index (χ0v) is 32.1. The Morgan fingerprint density at radius 3 is 1.91 bits per heavy atom. The number of aromatic nitrogens is 2. The van der Waals surface area contributed by atoms with E-state index < -0.39 is 31.7 Å². The average molecular weight is 780 g/mol. The van der Waals surface area contributed by atoms with Crippen LogP contribution in [0.1, 0.15) is 26.2 Å². The van der Waals surface area contributed by atoms with E-state index in [-0.39, 0.29) is 13.1 Å². The van der Waals surface area contributed by atoms with Crippen molar-refractivity contribution in [3.63, 3.8) is 0 Å². The Morgan fingerprint density at radius 2 is 1.33 bits per heavy atom. The molecule has 1 aliphatic rings. The molecule has 11 nitrogen and oxygen atoms in total. The molecule has 0 saturated carbocycles. The maximum Gasteiger partial charge on any atom is 0.374 e. The monoisotopic (exact) mass is 779 g/mol. The lowest BCUT2D eigenvalue weighted by atomic mass is 10.0. The number of benzene rings is 4. The van der Waals surface area contributed by atoms with Crippen molar-refractivity contribution < 1.29 is 44.2 Å². The van der Waals surface area contributed by atoms with Gasteiger partial charge in [0.2, 0.25) is 11.5 Å². The van der Waals surface area contributed by atoms with Crippen molar-refractivity contribution in [3.05, 3.63) is 151 Å². The van der Waals surface area contributed by atoms with Crippen molar-refractivity contribution in [2.24, 2.45) is 0 Å². The van der Waals surface area contributed by atoms with Crippen LogP contribution in [0.5, 0.6) is 5.75 Å². The molecule has 4 aromatic carbocycles. The number of pyridine rings is 1. The zero-order chi connectivity index (χ0) is 39.0. The van der Waals surface area contributed by atoms with E-state index >= 15 is 0 Å². The molecule has 2 aromatic heterocycles. The summed E-state index contributed by atoms with van der Waals surface area (Å²) in [5, 5.41) is 0. The molecule has 0 bridgehead atoms. The number of allylic oxidation sites excluding steroid dienone is 2. The first kappa shape index (κ1) is 39.1. The zero-order valence-electron chi connectivity index (χ0n) is 30.4. The number of oxazole rings is 1. The molecule has 0 aliphatic carbocycles. The molecule has 0 unspecified atom stereocenters. The second-order valence-electron chi connectivity index (χ2n) is 12.7. The van der Waals surface area contributed by atoms with Crippen LogP contribution < -0.4 is 18.8 Å².